The van der Waals surface area contributed by atoms with Crippen LogP contribution in [-0.4, -0.2) is 23.7 Å². The Hall–Kier alpha value is -1.78. The number of hydrogen-bond acceptors (Lipinski definition) is 8. The van der Waals surface area contributed by atoms with Gasteiger partial charge in [-0.25, -0.2) is 8.42 Å². The van der Waals surface area contributed by atoms with Crippen molar-refractivity contribution < 1.29 is 17.5 Å². The summed E-state index contributed by atoms with van der Waals surface area (Å²) in [4.78, 5) is 4.57. The van der Waals surface area contributed by atoms with Gasteiger partial charge in [0.2, 0.25) is 15.9 Å². The summed E-state index contributed by atoms with van der Waals surface area (Å²) in [6.07, 6.45) is 5.58. The van der Waals surface area contributed by atoms with E-state index in [-0.39, 0.29) is 16.5 Å². The van der Waals surface area contributed by atoms with Crippen molar-refractivity contribution in [2.45, 2.75) is 74.8 Å². The van der Waals surface area contributed by atoms with E-state index in [0.717, 1.165) is 32.1 Å². The first kappa shape index (κ1) is 17.6. The molecular weight excluding hydrogens is 358 g/mol. The van der Waals surface area contributed by atoms with E-state index in [4.69, 9.17) is 14.8 Å². The van der Waals surface area contributed by atoms with Crippen molar-refractivity contribution in [1.29, 1.82) is 0 Å². The lowest BCUT2D eigenvalue weighted by Crippen LogP contribution is -2.46. The van der Waals surface area contributed by atoms with Crippen LogP contribution < -0.4 is 10.5 Å². The monoisotopic (exact) mass is 381 g/mol. The molecule has 2 aliphatic carbocycles. The van der Waals surface area contributed by atoms with E-state index < -0.39 is 21.1 Å². The summed E-state index contributed by atoms with van der Waals surface area (Å²) >= 11 is 0. The van der Waals surface area contributed by atoms with Crippen molar-refractivity contribution in [1.82, 2.24) is 20.0 Å². The fraction of sp³-hybridized carbons (Fsp3) is 0.688. The number of aryl methyl sites for hydroxylation is 2. The Balaban J connectivity index is 1.70. The van der Waals surface area contributed by atoms with E-state index in [1.807, 2.05) is 0 Å². The maximum absolute atomic E-state index is 13.0. The van der Waals surface area contributed by atoms with Crippen LogP contribution in [0.4, 0.5) is 0 Å². The first-order chi connectivity index (χ1) is 12.3. The van der Waals surface area contributed by atoms with Crippen molar-refractivity contribution in [3.63, 3.8) is 0 Å². The second-order valence-electron chi connectivity index (χ2n) is 7.48. The van der Waals surface area contributed by atoms with Gasteiger partial charge in [-0.05, 0) is 46.0 Å². The standard InChI is InChI=1S/C16H23N5O4S/c1-10-12(11(2)24-19-10)26(22,23)21-16(8-3-4-9-16)14-18-13(20-25-14)15(17)6-5-7-15/h21H,3-9,17H2,1-2H3. The van der Waals surface area contributed by atoms with Gasteiger partial charge >= 0.3 is 0 Å². The lowest BCUT2D eigenvalue weighted by Gasteiger charge is -2.34. The van der Waals surface area contributed by atoms with Crippen molar-refractivity contribution >= 4 is 10.0 Å². The molecule has 0 saturated heterocycles. The van der Waals surface area contributed by atoms with Gasteiger partial charge in [-0.1, -0.05) is 23.2 Å². The Morgan fingerprint density at radius 2 is 1.73 bits per heavy atom. The Bertz CT molecular complexity index is 903. The number of hydrogen-bond donors (Lipinski definition) is 2. The van der Waals surface area contributed by atoms with Crippen molar-refractivity contribution in [2.75, 3.05) is 0 Å². The fourth-order valence-electron chi connectivity index (χ4n) is 3.91. The number of sulfonamides is 1. The zero-order chi connectivity index (χ0) is 18.6. The second-order valence-corrected chi connectivity index (χ2v) is 9.10. The molecule has 0 unspecified atom stereocenters. The maximum atomic E-state index is 13.0. The van der Waals surface area contributed by atoms with Crippen molar-refractivity contribution in [3.05, 3.63) is 23.2 Å². The Morgan fingerprint density at radius 1 is 1.04 bits per heavy atom. The van der Waals surface area contributed by atoms with Crippen LogP contribution in [0, 0.1) is 13.8 Å². The molecule has 9 nitrogen and oxygen atoms in total. The average Bonchev–Trinajstić information content (AvgIpc) is 3.25. The Kier molecular flexibility index (Phi) is 3.97. The molecule has 142 valence electrons. The maximum Gasteiger partial charge on any atom is 0.248 e. The quantitative estimate of drug-likeness (QED) is 0.799. The highest BCUT2D eigenvalue weighted by atomic mass is 32.2. The molecule has 10 heteroatoms. The minimum atomic E-state index is -3.85. The van der Waals surface area contributed by atoms with Gasteiger partial charge in [-0.3, -0.25) is 0 Å². The molecule has 2 saturated carbocycles. The molecular formula is C16H23N5O4S. The largest absolute Gasteiger partial charge is 0.360 e. The lowest BCUT2D eigenvalue weighted by atomic mass is 9.77. The minimum Gasteiger partial charge on any atom is -0.360 e. The number of nitrogens with zero attached hydrogens (tertiary/aromatic N) is 3. The van der Waals surface area contributed by atoms with Gasteiger partial charge in [-0.15, -0.1) is 0 Å². The predicted octanol–water partition coefficient (Wildman–Crippen LogP) is 1.76. The summed E-state index contributed by atoms with van der Waals surface area (Å²) in [5, 5.41) is 7.80. The summed E-state index contributed by atoms with van der Waals surface area (Å²) in [6.45, 7) is 3.18. The number of rotatable bonds is 5. The van der Waals surface area contributed by atoms with Gasteiger partial charge < -0.3 is 14.8 Å². The fourth-order valence-corrected chi connectivity index (χ4v) is 5.66. The number of aromatic nitrogens is 3. The molecule has 0 amide bonds. The summed E-state index contributed by atoms with van der Waals surface area (Å²) in [6, 6.07) is 0. The van der Waals surface area contributed by atoms with E-state index in [2.05, 4.69) is 20.0 Å². The van der Waals surface area contributed by atoms with E-state index >= 15 is 0 Å². The van der Waals surface area contributed by atoms with Crippen LogP contribution in [0.5, 0.6) is 0 Å². The summed E-state index contributed by atoms with van der Waals surface area (Å²) in [7, 11) is -3.85. The van der Waals surface area contributed by atoms with Crippen LogP contribution in [-0.2, 0) is 21.1 Å². The molecule has 0 atom stereocenters. The molecule has 0 radical (unpaired) electrons. The molecule has 26 heavy (non-hydrogen) atoms. The SMILES string of the molecule is Cc1noc(C)c1S(=O)(=O)NC1(c2nc(C3(N)CCC3)no2)CCCC1. The highest BCUT2D eigenvalue weighted by Crippen LogP contribution is 2.42. The van der Waals surface area contributed by atoms with Crippen LogP contribution in [0.25, 0.3) is 0 Å². The molecule has 0 aliphatic heterocycles. The summed E-state index contributed by atoms with van der Waals surface area (Å²) in [5.41, 5.74) is 5.13. The molecule has 2 aliphatic rings. The van der Waals surface area contributed by atoms with E-state index in [9.17, 15) is 8.42 Å². The average molecular weight is 381 g/mol. The molecule has 2 aromatic rings. The molecule has 0 aromatic carbocycles. The third-order valence-corrected chi connectivity index (χ3v) is 7.33. The van der Waals surface area contributed by atoms with Gasteiger partial charge in [0, 0.05) is 0 Å². The third kappa shape index (κ3) is 2.67. The second kappa shape index (κ2) is 5.86. The van der Waals surface area contributed by atoms with Gasteiger partial charge in [0.25, 0.3) is 0 Å². The zero-order valence-corrected chi connectivity index (χ0v) is 15.7. The van der Waals surface area contributed by atoms with E-state index in [1.165, 1.54) is 0 Å². The molecule has 2 heterocycles. The minimum absolute atomic E-state index is 0.0674. The van der Waals surface area contributed by atoms with E-state index in [0.29, 0.717) is 24.4 Å². The van der Waals surface area contributed by atoms with Crippen LogP contribution >= 0.6 is 0 Å². The lowest BCUT2D eigenvalue weighted by molar-refractivity contribution is 0.224. The molecule has 4 rings (SSSR count). The Morgan fingerprint density at radius 3 is 2.27 bits per heavy atom. The molecule has 2 fully saturated rings. The summed E-state index contributed by atoms with van der Waals surface area (Å²) < 4.78 is 39.3. The number of nitrogens with two attached hydrogens (primary N) is 1. The normalized spacial score (nSPS) is 21.7. The zero-order valence-electron chi connectivity index (χ0n) is 14.9. The van der Waals surface area contributed by atoms with Crippen molar-refractivity contribution in [3.8, 4) is 0 Å². The van der Waals surface area contributed by atoms with Crippen LogP contribution in [0.1, 0.15) is 68.1 Å². The smallest absolute Gasteiger partial charge is 0.248 e. The molecule has 3 N–H and O–H groups in total. The molecule has 0 bridgehead atoms. The van der Waals surface area contributed by atoms with Gasteiger partial charge in [0.05, 0.1) is 5.54 Å². The summed E-state index contributed by atoms with van der Waals surface area (Å²) in [5.74, 6) is 1.00. The highest BCUT2D eigenvalue weighted by Gasteiger charge is 2.47. The van der Waals surface area contributed by atoms with Crippen LogP contribution in [0.15, 0.2) is 13.9 Å². The van der Waals surface area contributed by atoms with Gasteiger partial charge in [-0.2, -0.15) is 9.71 Å². The predicted molar refractivity (Wildman–Crippen MR) is 90.5 cm³/mol. The highest BCUT2D eigenvalue weighted by molar-refractivity contribution is 7.89. The Labute approximate surface area is 151 Å². The molecule has 0 spiro atoms. The van der Waals surface area contributed by atoms with Crippen LogP contribution in [0.2, 0.25) is 0 Å². The number of nitrogens with one attached hydrogen (secondary N) is 1. The first-order valence-electron chi connectivity index (χ1n) is 8.86. The van der Waals surface area contributed by atoms with Gasteiger partial charge in [0.15, 0.2) is 11.6 Å². The van der Waals surface area contributed by atoms with Gasteiger partial charge in [0.1, 0.15) is 16.1 Å². The molecule has 2 aromatic heterocycles. The van der Waals surface area contributed by atoms with Crippen molar-refractivity contribution in [2.24, 2.45) is 5.73 Å². The van der Waals surface area contributed by atoms with E-state index in [1.54, 1.807) is 13.8 Å². The third-order valence-electron chi connectivity index (χ3n) is 5.55. The topological polar surface area (TPSA) is 137 Å². The van der Waals surface area contributed by atoms with Crippen LogP contribution in [0.3, 0.4) is 0 Å². The first-order valence-corrected chi connectivity index (χ1v) is 10.3.